The molecule has 1 aromatic rings. The van der Waals surface area contributed by atoms with Gasteiger partial charge in [0.2, 0.25) is 11.5 Å². The van der Waals surface area contributed by atoms with Gasteiger partial charge in [-0.15, -0.1) is 11.6 Å². The molecule has 0 unspecified atom stereocenters. The third kappa shape index (κ3) is 4.55. The number of ether oxygens (including phenoxy) is 2. The number of carbonyl (C=O) groups excluding carboxylic acids is 2. The Morgan fingerprint density at radius 2 is 1.85 bits per heavy atom. The van der Waals surface area contributed by atoms with Gasteiger partial charge in [-0.05, 0) is 17.7 Å². The highest BCUT2D eigenvalue weighted by Gasteiger charge is 2.22. The van der Waals surface area contributed by atoms with Crippen LogP contribution in [0.2, 0.25) is 0 Å². The number of ketones is 1. The lowest BCUT2D eigenvalue weighted by molar-refractivity contribution is -0.137. The van der Waals surface area contributed by atoms with Gasteiger partial charge in [0, 0.05) is 0 Å². The zero-order valence-electron chi connectivity index (χ0n) is 11.1. The quantitative estimate of drug-likeness (QED) is 0.251. The van der Waals surface area contributed by atoms with Crippen molar-refractivity contribution in [3.8, 4) is 5.75 Å². The molecule has 7 heteroatoms. The molecule has 0 radical (unpaired) electrons. The molecule has 108 valence electrons. The number of Topliss-reactive ketones (excluding diaryl/α,β-unsaturated/α-hetero) is 1. The fraction of sp³-hybridized carbons (Fsp3) is 0.308. The SMILES string of the molecule is CO/N=C(/C(=O)CCl)C(=O)OCc1ccc(OC)cc1. The third-order valence-electron chi connectivity index (χ3n) is 2.29. The molecular formula is C13H14ClNO5. The minimum atomic E-state index is -0.881. The Morgan fingerprint density at radius 3 is 2.35 bits per heavy atom. The maximum absolute atomic E-state index is 11.7. The first-order valence-corrected chi connectivity index (χ1v) is 6.16. The molecule has 0 aliphatic heterocycles. The Labute approximate surface area is 121 Å². The number of hydrogen-bond acceptors (Lipinski definition) is 6. The highest BCUT2D eigenvalue weighted by molar-refractivity contribution is 6.67. The van der Waals surface area contributed by atoms with Crippen LogP contribution in [0.4, 0.5) is 0 Å². The maximum atomic E-state index is 11.7. The van der Waals surface area contributed by atoms with E-state index in [-0.39, 0.29) is 12.5 Å². The van der Waals surface area contributed by atoms with Crippen molar-refractivity contribution >= 4 is 29.1 Å². The minimum absolute atomic E-state index is 0.00112. The monoisotopic (exact) mass is 299 g/mol. The van der Waals surface area contributed by atoms with Crippen LogP contribution in [0, 0.1) is 0 Å². The van der Waals surface area contributed by atoms with Crippen LogP contribution in [0.3, 0.4) is 0 Å². The summed E-state index contributed by atoms with van der Waals surface area (Å²) in [6.07, 6.45) is 0. The van der Waals surface area contributed by atoms with E-state index in [9.17, 15) is 9.59 Å². The van der Waals surface area contributed by atoms with Gasteiger partial charge in [0.15, 0.2) is 0 Å². The summed E-state index contributed by atoms with van der Waals surface area (Å²) < 4.78 is 9.98. The van der Waals surface area contributed by atoms with Gasteiger partial charge in [0.25, 0.3) is 0 Å². The molecule has 0 saturated heterocycles. The van der Waals surface area contributed by atoms with E-state index in [4.69, 9.17) is 21.1 Å². The summed E-state index contributed by atoms with van der Waals surface area (Å²) in [5.41, 5.74) is 0.283. The number of carbonyl (C=O) groups is 2. The molecule has 0 saturated carbocycles. The van der Waals surface area contributed by atoms with Gasteiger partial charge >= 0.3 is 5.97 Å². The summed E-state index contributed by atoms with van der Waals surface area (Å²) in [5.74, 6) is -1.22. The third-order valence-corrected chi connectivity index (χ3v) is 2.53. The maximum Gasteiger partial charge on any atom is 0.364 e. The molecule has 0 fully saturated rings. The molecule has 0 aliphatic rings. The second-order valence-electron chi connectivity index (χ2n) is 3.60. The van der Waals surface area contributed by atoms with Crippen molar-refractivity contribution in [2.45, 2.75) is 6.61 Å². The number of alkyl halides is 1. The molecule has 0 heterocycles. The molecule has 1 rings (SSSR count). The molecule has 20 heavy (non-hydrogen) atoms. The Kier molecular flexibility index (Phi) is 6.52. The molecule has 0 bridgehead atoms. The topological polar surface area (TPSA) is 74.2 Å². The summed E-state index contributed by atoms with van der Waals surface area (Å²) in [5, 5.41) is 3.32. The van der Waals surface area contributed by atoms with Gasteiger partial charge in [0.05, 0.1) is 13.0 Å². The lowest BCUT2D eigenvalue weighted by Crippen LogP contribution is -2.27. The fourth-order valence-electron chi connectivity index (χ4n) is 1.30. The number of nitrogens with zero attached hydrogens (tertiary/aromatic N) is 1. The van der Waals surface area contributed by atoms with Crippen LogP contribution in [0.1, 0.15) is 5.56 Å². The van der Waals surface area contributed by atoms with Crippen LogP contribution >= 0.6 is 11.6 Å². The first-order valence-electron chi connectivity index (χ1n) is 5.62. The normalized spacial score (nSPS) is 10.8. The highest BCUT2D eigenvalue weighted by Crippen LogP contribution is 2.12. The molecule has 0 aliphatic carbocycles. The Hall–Kier alpha value is -2.08. The van der Waals surface area contributed by atoms with Crippen LogP contribution < -0.4 is 4.74 Å². The van der Waals surface area contributed by atoms with E-state index in [1.54, 1.807) is 31.4 Å². The van der Waals surface area contributed by atoms with E-state index >= 15 is 0 Å². The Bertz CT molecular complexity index is 498. The van der Waals surface area contributed by atoms with Crippen molar-refractivity contribution in [2.75, 3.05) is 20.1 Å². The van der Waals surface area contributed by atoms with Crippen LogP contribution in [0.25, 0.3) is 0 Å². The molecule has 0 spiro atoms. The van der Waals surface area contributed by atoms with E-state index in [1.807, 2.05) is 0 Å². The average Bonchev–Trinajstić information content (AvgIpc) is 2.50. The molecule has 0 aromatic heterocycles. The summed E-state index contributed by atoms with van der Waals surface area (Å²) in [7, 11) is 2.78. The lowest BCUT2D eigenvalue weighted by Gasteiger charge is -2.06. The first-order chi connectivity index (χ1) is 9.62. The predicted molar refractivity (Wildman–Crippen MR) is 73.0 cm³/mol. The molecule has 0 atom stereocenters. The van der Waals surface area contributed by atoms with Crippen LogP contribution in [0.15, 0.2) is 29.4 Å². The van der Waals surface area contributed by atoms with E-state index in [0.717, 1.165) is 5.56 Å². The minimum Gasteiger partial charge on any atom is -0.497 e. The molecule has 0 amide bonds. The van der Waals surface area contributed by atoms with Gasteiger partial charge in [0.1, 0.15) is 19.5 Å². The van der Waals surface area contributed by atoms with Gasteiger partial charge in [-0.3, -0.25) is 4.79 Å². The van der Waals surface area contributed by atoms with Crippen molar-refractivity contribution in [2.24, 2.45) is 5.16 Å². The second-order valence-corrected chi connectivity index (χ2v) is 3.87. The van der Waals surface area contributed by atoms with Crippen molar-refractivity contribution in [1.29, 1.82) is 0 Å². The zero-order valence-corrected chi connectivity index (χ0v) is 11.8. The lowest BCUT2D eigenvalue weighted by atomic mass is 10.2. The highest BCUT2D eigenvalue weighted by atomic mass is 35.5. The van der Waals surface area contributed by atoms with E-state index in [2.05, 4.69) is 9.99 Å². The second kappa shape index (κ2) is 8.16. The van der Waals surface area contributed by atoms with Crippen molar-refractivity contribution in [1.82, 2.24) is 0 Å². The number of oxime groups is 1. The zero-order chi connectivity index (χ0) is 15.0. The van der Waals surface area contributed by atoms with E-state index in [1.165, 1.54) is 7.11 Å². The fourth-order valence-corrected chi connectivity index (χ4v) is 1.42. The van der Waals surface area contributed by atoms with Gasteiger partial charge < -0.3 is 14.3 Å². The van der Waals surface area contributed by atoms with Gasteiger partial charge in [-0.2, -0.15) is 0 Å². The number of esters is 1. The van der Waals surface area contributed by atoms with E-state index < -0.39 is 17.5 Å². The molecule has 1 aromatic carbocycles. The molecule has 0 N–H and O–H groups in total. The number of methoxy groups -OCH3 is 1. The molecular weight excluding hydrogens is 286 g/mol. The number of rotatable bonds is 7. The molecule has 6 nitrogen and oxygen atoms in total. The van der Waals surface area contributed by atoms with Crippen molar-refractivity contribution < 1.29 is 23.9 Å². The summed E-state index contributed by atoms with van der Waals surface area (Å²) >= 11 is 5.37. The largest absolute Gasteiger partial charge is 0.497 e. The number of halogens is 1. The summed E-state index contributed by atoms with van der Waals surface area (Å²) in [6, 6.07) is 6.94. The Balaban J connectivity index is 2.64. The smallest absolute Gasteiger partial charge is 0.364 e. The standard InChI is InChI=1S/C13H14ClNO5/c1-18-10-5-3-9(4-6-10)8-20-13(17)12(15-19-2)11(16)7-14/h3-6H,7-8H2,1-2H3/b15-12-. The van der Waals surface area contributed by atoms with Crippen LogP contribution in [-0.4, -0.2) is 37.6 Å². The van der Waals surface area contributed by atoms with Gasteiger partial charge in [-0.1, -0.05) is 17.3 Å². The summed E-state index contributed by atoms with van der Waals surface area (Å²) in [6.45, 7) is 0.00112. The number of hydrogen-bond donors (Lipinski definition) is 0. The first kappa shape index (κ1) is 16.0. The van der Waals surface area contributed by atoms with Crippen molar-refractivity contribution in [3.05, 3.63) is 29.8 Å². The van der Waals surface area contributed by atoms with Crippen molar-refractivity contribution in [3.63, 3.8) is 0 Å². The Morgan fingerprint density at radius 1 is 1.20 bits per heavy atom. The summed E-state index contributed by atoms with van der Waals surface area (Å²) in [4.78, 5) is 27.5. The van der Waals surface area contributed by atoms with Crippen LogP contribution in [-0.2, 0) is 25.8 Å². The van der Waals surface area contributed by atoms with Crippen LogP contribution in [0.5, 0.6) is 5.75 Å². The number of benzene rings is 1. The predicted octanol–water partition coefficient (Wildman–Crippen LogP) is 1.55. The average molecular weight is 300 g/mol. The van der Waals surface area contributed by atoms with E-state index in [0.29, 0.717) is 5.75 Å². The van der Waals surface area contributed by atoms with Gasteiger partial charge in [-0.25, -0.2) is 4.79 Å².